The largest absolute Gasteiger partial charge is 0.506 e. The van der Waals surface area contributed by atoms with E-state index in [1.807, 2.05) is 24.3 Å². The minimum absolute atomic E-state index is 0.0387. The SMILES string of the molecule is CCc1ccc(C(CO)NC(=O)/C=C/c2cncc(O)c2)cc1. The van der Waals surface area contributed by atoms with E-state index in [0.29, 0.717) is 5.56 Å². The molecule has 5 nitrogen and oxygen atoms in total. The molecule has 1 heterocycles. The third-order valence-corrected chi connectivity index (χ3v) is 3.46. The number of rotatable bonds is 6. The van der Waals surface area contributed by atoms with Gasteiger partial charge in [-0.25, -0.2) is 0 Å². The summed E-state index contributed by atoms with van der Waals surface area (Å²) in [6.07, 6.45) is 6.70. The second kappa shape index (κ2) is 8.10. The second-order valence-corrected chi connectivity index (χ2v) is 5.15. The first-order valence-electron chi connectivity index (χ1n) is 7.44. The van der Waals surface area contributed by atoms with Gasteiger partial charge < -0.3 is 15.5 Å². The first-order valence-corrected chi connectivity index (χ1v) is 7.44. The van der Waals surface area contributed by atoms with Gasteiger partial charge in [0.2, 0.25) is 5.91 Å². The topological polar surface area (TPSA) is 82.5 Å². The van der Waals surface area contributed by atoms with Crippen LogP contribution < -0.4 is 5.32 Å². The van der Waals surface area contributed by atoms with E-state index in [1.165, 1.54) is 30.1 Å². The molecule has 0 aliphatic rings. The van der Waals surface area contributed by atoms with Crippen molar-refractivity contribution in [3.63, 3.8) is 0 Å². The van der Waals surface area contributed by atoms with Gasteiger partial charge in [0, 0.05) is 12.3 Å². The fraction of sp³-hybridized carbons (Fsp3) is 0.222. The average molecular weight is 312 g/mol. The molecule has 0 bridgehead atoms. The fourth-order valence-corrected chi connectivity index (χ4v) is 2.15. The number of aliphatic hydroxyl groups excluding tert-OH is 1. The highest BCUT2D eigenvalue weighted by Gasteiger charge is 2.11. The van der Waals surface area contributed by atoms with E-state index in [9.17, 15) is 15.0 Å². The maximum absolute atomic E-state index is 12.0. The summed E-state index contributed by atoms with van der Waals surface area (Å²) >= 11 is 0. The highest BCUT2D eigenvalue weighted by atomic mass is 16.3. The van der Waals surface area contributed by atoms with Crippen molar-refractivity contribution >= 4 is 12.0 Å². The van der Waals surface area contributed by atoms with Crippen molar-refractivity contribution in [1.82, 2.24) is 10.3 Å². The molecule has 3 N–H and O–H groups in total. The summed E-state index contributed by atoms with van der Waals surface area (Å²) in [6, 6.07) is 8.83. The number of nitrogens with one attached hydrogen (secondary N) is 1. The van der Waals surface area contributed by atoms with Crippen LogP contribution in [0.4, 0.5) is 0 Å². The Morgan fingerprint density at radius 1 is 1.30 bits per heavy atom. The van der Waals surface area contributed by atoms with E-state index in [1.54, 1.807) is 6.08 Å². The number of aliphatic hydroxyl groups is 1. The molecule has 120 valence electrons. The number of amides is 1. The normalized spacial score (nSPS) is 12.3. The molecule has 2 aromatic rings. The quantitative estimate of drug-likeness (QED) is 0.714. The van der Waals surface area contributed by atoms with Crippen LogP contribution in [0, 0.1) is 0 Å². The highest BCUT2D eigenvalue weighted by molar-refractivity contribution is 5.92. The van der Waals surface area contributed by atoms with E-state index in [0.717, 1.165) is 12.0 Å². The molecule has 1 aromatic heterocycles. The molecule has 1 aromatic carbocycles. The molecule has 1 atom stereocenters. The Morgan fingerprint density at radius 2 is 2.04 bits per heavy atom. The maximum atomic E-state index is 12.0. The van der Waals surface area contributed by atoms with Crippen LogP contribution >= 0.6 is 0 Å². The molecule has 1 amide bonds. The molecule has 0 aliphatic heterocycles. The summed E-state index contributed by atoms with van der Waals surface area (Å²) in [4.78, 5) is 15.8. The van der Waals surface area contributed by atoms with Gasteiger partial charge in [0.15, 0.2) is 0 Å². The van der Waals surface area contributed by atoms with Gasteiger partial charge in [0.25, 0.3) is 0 Å². The smallest absolute Gasteiger partial charge is 0.244 e. The lowest BCUT2D eigenvalue weighted by Crippen LogP contribution is -2.29. The van der Waals surface area contributed by atoms with E-state index in [-0.39, 0.29) is 18.3 Å². The number of carbonyl (C=O) groups excluding carboxylic acids is 1. The third kappa shape index (κ3) is 4.93. The molecule has 0 spiro atoms. The molecule has 0 radical (unpaired) electrons. The van der Waals surface area contributed by atoms with Crippen LogP contribution in [0.1, 0.15) is 29.7 Å². The van der Waals surface area contributed by atoms with Crippen molar-refractivity contribution in [3.05, 3.63) is 65.5 Å². The van der Waals surface area contributed by atoms with Gasteiger partial charge in [-0.15, -0.1) is 0 Å². The minimum Gasteiger partial charge on any atom is -0.506 e. The lowest BCUT2D eigenvalue weighted by atomic mass is 10.0. The zero-order valence-corrected chi connectivity index (χ0v) is 12.9. The van der Waals surface area contributed by atoms with Crippen molar-refractivity contribution in [3.8, 4) is 5.75 Å². The van der Waals surface area contributed by atoms with Crippen LogP contribution in [0.3, 0.4) is 0 Å². The predicted octanol–water partition coefficient (Wildman–Crippen LogP) is 2.21. The number of carbonyl (C=O) groups is 1. The molecule has 0 fully saturated rings. The molecule has 0 aliphatic carbocycles. The van der Waals surface area contributed by atoms with Crippen LogP contribution in [0.25, 0.3) is 6.08 Å². The number of aromatic nitrogens is 1. The van der Waals surface area contributed by atoms with E-state index in [4.69, 9.17) is 0 Å². The monoisotopic (exact) mass is 312 g/mol. The summed E-state index contributed by atoms with van der Waals surface area (Å²) in [7, 11) is 0. The van der Waals surface area contributed by atoms with E-state index >= 15 is 0 Å². The van der Waals surface area contributed by atoms with Gasteiger partial charge in [0.1, 0.15) is 5.75 Å². The summed E-state index contributed by atoms with van der Waals surface area (Å²) in [5.41, 5.74) is 2.67. The van der Waals surface area contributed by atoms with Crippen LogP contribution in [-0.2, 0) is 11.2 Å². The number of pyridine rings is 1. The number of nitrogens with zero attached hydrogens (tertiary/aromatic N) is 1. The van der Waals surface area contributed by atoms with Gasteiger partial charge in [-0.05, 0) is 35.3 Å². The van der Waals surface area contributed by atoms with E-state index in [2.05, 4.69) is 17.2 Å². The van der Waals surface area contributed by atoms with Gasteiger partial charge in [0.05, 0.1) is 18.8 Å². The lowest BCUT2D eigenvalue weighted by molar-refractivity contribution is -0.117. The molecule has 23 heavy (non-hydrogen) atoms. The standard InChI is InChI=1S/C18H20N2O3/c1-2-13-3-6-15(7-4-13)17(12-21)20-18(23)8-5-14-9-16(22)11-19-10-14/h3-11,17,21-22H,2,12H2,1H3,(H,20,23)/b8-5+. The fourth-order valence-electron chi connectivity index (χ4n) is 2.15. The molecule has 5 heteroatoms. The van der Waals surface area contributed by atoms with E-state index < -0.39 is 6.04 Å². The van der Waals surface area contributed by atoms with Gasteiger partial charge in [-0.1, -0.05) is 31.2 Å². The van der Waals surface area contributed by atoms with Gasteiger partial charge >= 0.3 is 0 Å². The number of hydrogen-bond acceptors (Lipinski definition) is 4. The second-order valence-electron chi connectivity index (χ2n) is 5.15. The Hall–Kier alpha value is -2.66. The van der Waals surface area contributed by atoms with Crippen molar-refractivity contribution in [2.45, 2.75) is 19.4 Å². The summed E-state index contributed by atoms with van der Waals surface area (Å²) in [6.45, 7) is 1.89. The van der Waals surface area contributed by atoms with Crippen molar-refractivity contribution in [2.75, 3.05) is 6.61 Å². The third-order valence-electron chi connectivity index (χ3n) is 3.46. The maximum Gasteiger partial charge on any atom is 0.244 e. The summed E-state index contributed by atoms with van der Waals surface area (Å²) in [5, 5.41) is 21.6. The molecule has 0 saturated heterocycles. The summed E-state index contributed by atoms with van der Waals surface area (Å²) < 4.78 is 0. The van der Waals surface area contributed by atoms with Gasteiger partial charge in [-0.3, -0.25) is 9.78 Å². The Balaban J connectivity index is 2.01. The first-order chi connectivity index (χ1) is 11.1. The molecule has 1 unspecified atom stereocenters. The zero-order chi connectivity index (χ0) is 16.7. The average Bonchev–Trinajstić information content (AvgIpc) is 2.58. The van der Waals surface area contributed by atoms with Crippen LogP contribution in [-0.4, -0.2) is 27.7 Å². The Kier molecular flexibility index (Phi) is 5.88. The first kappa shape index (κ1) is 16.7. The van der Waals surface area contributed by atoms with Crippen LogP contribution in [0.15, 0.2) is 48.8 Å². The lowest BCUT2D eigenvalue weighted by Gasteiger charge is -2.16. The molecular formula is C18H20N2O3. The summed E-state index contributed by atoms with van der Waals surface area (Å²) in [5.74, 6) is -0.288. The van der Waals surface area contributed by atoms with Crippen molar-refractivity contribution < 1.29 is 15.0 Å². The van der Waals surface area contributed by atoms with Crippen molar-refractivity contribution in [2.24, 2.45) is 0 Å². The van der Waals surface area contributed by atoms with Crippen molar-refractivity contribution in [1.29, 1.82) is 0 Å². The number of aromatic hydroxyl groups is 1. The Morgan fingerprint density at radius 3 is 2.65 bits per heavy atom. The Labute approximate surface area is 135 Å². The molecule has 0 saturated carbocycles. The predicted molar refractivity (Wildman–Crippen MR) is 88.7 cm³/mol. The number of aryl methyl sites for hydroxylation is 1. The molecular weight excluding hydrogens is 292 g/mol. The van der Waals surface area contributed by atoms with Crippen LogP contribution in [0.5, 0.6) is 5.75 Å². The number of hydrogen-bond donors (Lipinski definition) is 3. The zero-order valence-electron chi connectivity index (χ0n) is 12.9. The van der Waals surface area contributed by atoms with Crippen LogP contribution in [0.2, 0.25) is 0 Å². The molecule has 2 rings (SSSR count). The number of benzene rings is 1. The van der Waals surface area contributed by atoms with Gasteiger partial charge in [-0.2, -0.15) is 0 Å². The highest BCUT2D eigenvalue weighted by Crippen LogP contribution is 2.14. The minimum atomic E-state index is -0.458. The Bertz CT molecular complexity index is 681.